The predicted molar refractivity (Wildman–Crippen MR) is 53.7 cm³/mol. The minimum absolute atomic E-state index is 0.261. The Bertz CT molecular complexity index is 187. The number of hydrogen-bond donors (Lipinski definition) is 4. The highest BCUT2D eigenvalue weighted by Gasteiger charge is 2.23. The Labute approximate surface area is 84.3 Å². The van der Waals surface area contributed by atoms with E-state index >= 15 is 0 Å². The summed E-state index contributed by atoms with van der Waals surface area (Å²) in [5, 5.41) is 20.6. The molecule has 0 fully saturated rings. The second kappa shape index (κ2) is 5.29. The molecule has 0 aliphatic carbocycles. The Morgan fingerprint density at radius 3 is 2.21 bits per heavy atom. The van der Waals surface area contributed by atoms with Crippen molar-refractivity contribution >= 4 is 5.97 Å². The highest BCUT2D eigenvalue weighted by Crippen LogP contribution is 2.06. The highest BCUT2D eigenvalue weighted by molar-refractivity contribution is 5.73. The normalized spacial score (nSPS) is 16.4. The summed E-state index contributed by atoms with van der Waals surface area (Å²) in [7, 11) is 0. The van der Waals surface area contributed by atoms with Gasteiger partial charge in [-0.2, -0.15) is 0 Å². The van der Waals surface area contributed by atoms with Crippen LogP contribution in [0.5, 0.6) is 0 Å². The van der Waals surface area contributed by atoms with E-state index in [9.17, 15) is 4.79 Å². The van der Waals surface area contributed by atoms with Gasteiger partial charge in [0.15, 0.2) is 0 Å². The van der Waals surface area contributed by atoms with Crippen molar-refractivity contribution in [3.05, 3.63) is 0 Å². The van der Waals surface area contributed by atoms with E-state index in [4.69, 9.17) is 15.9 Å². The van der Waals surface area contributed by atoms with E-state index in [1.165, 1.54) is 0 Å². The molecule has 14 heavy (non-hydrogen) atoms. The molecule has 0 bridgehead atoms. The molecule has 0 aromatic heterocycles. The van der Waals surface area contributed by atoms with Crippen molar-refractivity contribution in [2.45, 2.75) is 51.4 Å². The lowest BCUT2D eigenvalue weighted by Crippen LogP contribution is -2.48. The molecule has 2 unspecified atom stereocenters. The summed E-state index contributed by atoms with van der Waals surface area (Å²) in [6.45, 7) is 5.67. The Balaban J connectivity index is 4.10. The van der Waals surface area contributed by atoms with Gasteiger partial charge in [-0.05, 0) is 33.6 Å². The number of aliphatic hydroxyl groups excluding tert-OH is 1. The topological polar surface area (TPSA) is 95.6 Å². The Hall–Kier alpha value is -0.650. The molecule has 0 aliphatic heterocycles. The lowest BCUT2D eigenvalue weighted by atomic mass is 10.0. The van der Waals surface area contributed by atoms with Crippen molar-refractivity contribution < 1.29 is 15.0 Å². The molecule has 0 aliphatic rings. The first-order valence-electron chi connectivity index (χ1n) is 4.66. The summed E-state index contributed by atoms with van der Waals surface area (Å²) < 4.78 is 0. The van der Waals surface area contributed by atoms with Gasteiger partial charge in [0.25, 0.3) is 0 Å². The fourth-order valence-corrected chi connectivity index (χ4v) is 1.12. The van der Waals surface area contributed by atoms with Gasteiger partial charge in [0.1, 0.15) is 12.3 Å². The average Bonchev–Trinajstić information content (AvgIpc) is 1.94. The van der Waals surface area contributed by atoms with Crippen molar-refractivity contribution in [1.29, 1.82) is 0 Å². The number of nitrogens with two attached hydrogens (primary N) is 1. The van der Waals surface area contributed by atoms with E-state index in [0.717, 1.165) is 0 Å². The van der Waals surface area contributed by atoms with Crippen LogP contribution >= 0.6 is 0 Å². The first-order valence-corrected chi connectivity index (χ1v) is 4.66. The van der Waals surface area contributed by atoms with E-state index in [1.54, 1.807) is 0 Å². The van der Waals surface area contributed by atoms with Crippen LogP contribution in [0.2, 0.25) is 0 Å². The zero-order valence-corrected chi connectivity index (χ0v) is 8.95. The molecule has 0 spiro atoms. The number of aliphatic carboxylic acids is 1. The molecule has 0 aromatic rings. The van der Waals surface area contributed by atoms with Crippen LogP contribution in [0, 0.1) is 0 Å². The predicted octanol–water partition coefficient (Wildman–Crippen LogP) is -0.115. The third kappa shape index (κ3) is 6.82. The largest absolute Gasteiger partial charge is 0.480 e. The first-order chi connectivity index (χ1) is 6.22. The van der Waals surface area contributed by atoms with E-state index in [-0.39, 0.29) is 12.0 Å². The lowest BCUT2D eigenvalue weighted by molar-refractivity contribution is -0.140. The maximum Gasteiger partial charge on any atom is 0.320 e. The Morgan fingerprint density at radius 2 is 1.93 bits per heavy atom. The van der Waals surface area contributed by atoms with Gasteiger partial charge in [-0.15, -0.1) is 0 Å². The molecular weight excluding hydrogens is 184 g/mol. The van der Waals surface area contributed by atoms with Gasteiger partial charge in [-0.25, -0.2) is 0 Å². The maximum absolute atomic E-state index is 10.8. The number of carboxylic acids is 1. The number of aliphatic hydroxyl groups is 1. The summed E-state index contributed by atoms with van der Waals surface area (Å²) in [5.41, 5.74) is 4.88. The molecule has 5 nitrogen and oxygen atoms in total. The molecule has 0 heterocycles. The van der Waals surface area contributed by atoms with Gasteiger partial charge >= 0.3 is 5.97 Å². The SMILES string of the molecule is CC(C)(C)NC(CCC(N)O)C(=O)O. The summed E-state index contributed by atoms with van der Waals surface area (Å²) >= 11 is 0. The average molecular weight is 204 g/mol. The van der Waals surface area contributed by atoms with E-state index in [1.807, 2.05) is 20.8 Å². The molecule has 2 atom stereocenters. The molecule has 0 radical (unpaired) electrons. The van der Waals surface area contributed by atoms with Crippen molar-refractivity contribution in [1.82, 2.24) is 5.32 Å². The van der Waals surface area contributed by atoms with Gasteiger partial charge in [0, 0.05) is 5.54 Å². The molecule has 0 saturated carbocycles. The van der Waals surface area contributed by atoms with Crippen LogP contribution in [0.15, 0.2) is 0 Å². The van der Waals surface area contributed by atoms with Crippen LogP contribution in [-0.4, -0.2) is 34.0 Å². The van der Waals surface area contributed by atoms with E-state index in [2.05, 4.69) is 5.32 Å². The quantitative estimate of drug-likeness (QED) is 0.468. The second-order valence-corrected chi connectivity index (χ2v) is 4.43. The lowest BCUT2D eigenvalue weighted by Gasteiger charge is -2.26. The van der Waals surface area contributed by atoms with Gasteiger partial charge in [0.05, 0.1) is 0 Å². The second-order valence-electron chi connectivity index (χ2n) is 4.43. The van der Waals surface area contributed by atoms with Crippen molar-refractivity contribution in [2.75, 3.05) is 0 Å². The minimum atomic E-state index is -0.946. The highest BCUT2D eigenvalue weighted by atomic mass is 16.4. The van der Waals surface area contributed by atoms with Crippen molar-refractivity contribution in [3.8, 4) is 0 Å². The van der Waals surface area contributed by atoms with E-state index < -0.39 is 18.2 Å². The molecule has 0 saturated heterocycles. The molecule has 0 amide bonds. The molecule has 0 rings (SSSR count). The van der Waals surface area contributed by atoms with Crippen LogP contribution < -0.4 is 11.1 Å². The molecular formula is C9H20N2O3. The first kappa shape index (κ1) is 13.4. The monoisotopic (exact) mass is 204 g/mol. The van der Waals surface area contributed by atoms with E-state index in [0.29, 0.717) is 6.42 Å². The van der Waals surface area contributed by atoms with Crippen LogP contribution in [0.25, 0.3) is 0 Å². The standard InChI is InChI=1S/C9H20N2O3/c1-9(2,3)11-6(8(13)14)4-5-7(10)12/h6-7,11-12H,4-5,10H2,1-3H3,(H,13,14). The third-order valence-electron chi connectivity index (χ3n) is 1.66. The van der Waals surface area contributed by atoms with Gasteiger partial charge in [0.2, 0.25) is 0 Å². The zero-order valence-electron chi connectivity index (χ0n) is 8.95. The van der Waals surface area contributed by atoms with Crippen LogP contribution in [-0.2, 0) is 4.79 Å². The Kier molecular flexibility index (Phi) is 5.04. The smallest absolute Gasteiger partial charge is 0.320 e. The van der Waals surface area contributed by atoms with Crippen LogP contribution in [0.4, 0.5) is 0 Å². The number of carboxylic acid groups (broad SMARTS) is 1. The van der Waals surface area contributed by atoms with Gasteiger partial charge in [-0.3, -0.25) is 10.1 Å². The van der Waals surface area contributed by atoms with Crippen molar-refractivity contribution in [3.63, 3.8) is 0 Å². The molecule has 5 heteroatoms. The molecule has 84 valence electrons. The zero-order chi connectivity index (χ0) is 11.4. The van der Waals surface area contributed by atoms with Crippen molar-refractivity contribution in [2.24, 2.45) is 5.73 Å². The Morgan fingerprint density at radius 1 is 1.43 bits per heavy atom. The molecule has 5 N–H and O–H groups in total. The fourth-order valence-electron chi connectivity index (χ4n) is 1.12. The maximum atomic E-state index is 10.8. The number of nitrogens with one attached hydrogen (secondary N) is 1. The molecule has 0 aromatic carbocycles. The summed E-state index contributed by atoms with van der Waals surface area (Å²) in [6, 6.07) is -0.659. The number of rotatable bonds is 5. The summed E-state index contributed by atoms with van der Waals surface area (Å²) in [6.07, 6.45) is -0.344. The minimum Gasteiger partial charge on any atom is -0.480 e. The van der Waals surface area contributed by atoms with Crippen LogP contribution in [0.1, 0.15) is 33.6 Å². The number of carbonyl (C=O) groups is 1. The summed E-state index contributed by atoms with van der Waals surface area (Å²) in [5.74, 6) is -0.916. The number of hydrogen-bond acceptors (Lipinski definition) is 4. The summed E-state index contributed by atoms with van der Waals surface area (Å²) in [4.78, 5) is 10.8. The van der Waals surface area contributed by atoms with Gasteiger partial charge in [-0.1, -0.05) is 0 Å². The van der Waals surface area contributed by atoms with Gasteiger partial charge < -0.3 is 15.9 Å². The third-order valence-corrected chi connectivity index (χ3v) is 1.66. The fraction of sp³-hybridized carbons (Fsp3) is 0.889. The van der Waals surface area contributed by atoms with Crippen LogP contribution in [0.3, 0.4) is 0 Å².